The molecular formula is C62H76BBrF2K2N12O9. The van der Waals surface area contributed by atoms with Crippen LogP contribution in [0, 0.1) is 25.5 Å². The standard InChI is InChI=1S/C27H29FN6O2.C20H23BFN3O2.C13H18BrN3O2.CH2O3.CH4.2K.H/c1-15-11-19-21(30-24(15)18-12-29-33(4)13-18)6-5-20(28)23(19)25-22-14-32(3)27(35)16(2)34(22)26(31-25)17-7-9-36-10-8-17;1-12-9-14-16(24-18(12)13-10-23-25(6)11-13)8-7-15(22)17(14)21-26-19(2,3)20(4,5)27-21;1-8-13(18)16(2)7-10-11(14)15-12(17(8)10)9-3-5-19-6-4-9;2-1-4-3;;;;/h5-6,11-13,16-17H,7-10,14H2,1-4H3;7-11H,1-6H3;8-9H,3-7H2,1-2H3;1,3H;1H4;;;/q;;;;;2*+1;-1/p-1. The number of fused-ring (bicyclic) bond motifs is 4. The molecule has 2 atom stereocenters. The smallest absolute Gasteiger partial charge is 1.00 e. The molecule has 6 aromatic heterocycles. The summed E-state index contributed by atoms with van der Waals surface area (Å²) in [5, 5.41) is 18.3. The summed E-state index contributed by atoms with van der Waals surface area (Å²) in [6, 6.07) is 9.69. The van der Waals surface area contributed by atoms with Crippen molar-refractivity contribution in [3.63, 3.8) is 0 Å². The SMILES string of the molecule is C.CC1C(=O)N(C)Cc2c(Br)nc(C3CCOCC3)n21.Cc1cc2c(-c3nc(C4CCOCC4)n4c3CN(C)C(=O)C4C)c(F)ccc2nc1-c1cnn(C)c1.Cc1cc2c(B3OC(C)(C)C(C)(C)O3)c(F)ccc2nc1-c1cnn(C)c1.O=CO[O-].[H-].[K+].[K+]. The first-order valence-electron chi connectivity index (χ1n) is 28.7. The Kier molecular flexibility index (Phi) is 24.4. The Balaban J connectivity index is 0.000000213. The number of hydrogen-bond donors (Lipinski definition) is 0. The van der Waals surface area contributed by atoms with Crippen molar-refractivity contribution in [2.45, 2.75) is 137 Å². The second-order valence-corrected chi connectivity index (χ2v) is 24.4. The molecule has 11 heterocycles. The molecule has 0 aliphatic carbocycles. The van der Waals surface area contributed by atoms with E-state index in [0.29, 0.717) is 70.7 Å². The Morgan fingerprint density at radius 1 is 0.674 bits per heavy atom. The third-order valence-electron chi connectivity index (χ3n) is 17.3. The third-order valence-corrected chi connectivity index (χ3v) is 17.9. The zero-order chi connectivity index (χ0) is 61.7. The predicted octanol–water partition coefficient (Wildman–Crippen LogP) is 3.02. The largest absolute Gasteiger partial charge is 1.00 e. The van der Waals surface area contributed by atoms with Crippen LogP contribution in [0.15, 0.2) is 65.8 Å². The summed E-state index contributed by atoms with van der Waals surface area (Å²) < 4.78 is 62.2. The number of carbonyl (C=O) groups is 3. The van der Waals surface area contributed by atoms with Crippen molar-refractivity contribution in [2.75, 3.05) is 40.5 Å². The zero-order valence-corrected chi connectivity index (χ0v) is 60.3. The third kappa shape index (κ3) is 14.7. The predicted molar refractivity (Wildman–Crippen MR) is 327 cm³/mol. The van der Waals surface area contributed by atoms with E-state index in [0.717, 1.165) is 100 Å². The average Bonchev–Trinajstić information content (AvgIpc) is 1.53. The quantitative estimate of drug-likeness (QED) is 0.0969. The van der Waals surface area contributed by atoms with Gasteiger partial charge in [-0.2, -0.15) is 10.2 Å². The number of benzene rings is 2. The van der Waals surface area contributed by atoms with Crippen LogP contribution in [0.3, 0.4) is 0 Å². The van der Waals surface area contributed by atoms with Crippen molar-refractivity contribution < 1.29 is 156 Å². The minimum absolute atomic E-state index is 0. The monoisotopic (exact) mass is 1340 g/mol. The van der Waals surface area contributed by atoms with Crippen LogP contribution in [0.25, 0.3) is 55.6 Å². The molecule has 0 radical (unpaired) electrons. The Bertz CT molecular complexity index is 3880. The summed E-state index contributed by atoms with van der Waals surface area (Å²) in [5.74, 6) is 1.96. The van der Waals surface area contributed by atoms with E-state index in [2.05, 4.69) is 45.1 Å². The van der Waals surface area contributed by atoms with Gasteiger partial charge in [-0.15, -0.1) is 0 Å². The number of ether oxygens (including phenoxy) is 2. The van der Waals surface area contributed by atoms with E-state index < -0.39 is 24.4 Å². The van der Waals surface area contributed by atoms with Crippen LogP contribution in [-0.4, -0.2) is 136 Å². The molecule has 0 saturated carbocycles. The number of hydrogen-bond acceptors (Lipinski definition) is 15. The van der Waals surface area contributed by atoms with Crippen LogP contribution >= 0.6 is 15.9 Å². The summed E-state index contributed by atoms with van der Waals surface area (Å²) in [5.41, 5.74) is 9.11. The van der Waals surface area contributed by atoms with Crippen LogP contribution in [0.2, 0.25) is 0 Å². The van der Waals surface area contributed by atoms with Gasteiger partial charge in [-0.25, -0.2) is 28.7 Å². The summed E-state index contributed by atoms with van der Waals surface area (Å²) in [7, 11) is 6.60. The molecule has 89 heavy (non-hydrogen) atoms. The van der Waals surface area contributed by atoms with Gasteiger partial charge in [-0.1, -0.05) is 7.43 Å². The number of amides is 2. The number of pyridine rings is 2. The maximum absolute atomic E-state index is 15.7. The molecule has 3 fully saturated rings. The van der Waals surface area contributed by atoms with E-state index in [1.807, 2.05) is 101 Å². The van der Waals surface area contributed by atoms with Crippen molar-refractivity contribution in [3.05, 3.63) is 112 Å². The molecule has 5 aliphatic heterocycles. The van der Waals surface area contributed by atoms with Gasteiger partial charge in [-0.05, 0) is 145 Å². The number of aryl methyl sites for hydroxylation is 4. The minimum atomic E-state index is -0.774. The molecule has 27 heteroatoms. The molecular weight excluding hydrogens is 1260 g/mol. The first-order chi connectivity index (χ1) is 40.9. The number of carbonyl (C=O) groups excluding carboxylic acids is 3. The molecule has 0 bridgehead atoms. The van der Waals surface area contributed by atoms with Crippen molar-refractivity contribution >= 4 is 68.6 Å². The number of halogens is 3. The maximum Gasteiger partial charge on any atom is 1.00 e. The molecule has 13 rings (SSSR count). The molecule has 2 amide bonds. The summed E-state index contributed by atoms with van der Waals surface area (Å²) in [4.78, 5) is 59.2. The van der Waals surface area contributed by atoms with Gasteiger partial charge in [0.1, 0.15) is 40.0 Å². The van der Waals surface area contributed by atoms with Gasteiger partial charge in [0.15, 0.2) is 0 Å². The molecule has 0 N–H and O–H groups in total. The molecule has 3 saturated heterocycles. The van der Waals surface area contributed by atoms with E-state index in [1.54, 1.807) is 50.7 Å². The molecule has 5 aliphatic rings. The van der Waals surface area contributed by atoms with Crippen LogP contribution in [0.4, 0.5) is 8.78 Å². The van der Waals surface area contributed by atoms with Crippen molar-refractivity contribution in [1.29, 1.82) is 0 Å². The van der Waals surface area contributed by atoms with E-state index in [1.165, 1.54) is 12.1 Å². The number of nitrogens with zero attached hydrogens (tertiary/aromatic N) is 12. The Labute approximate surface area is 612 Å². The Hall–Kier alpha value is -4.01. The van der Waals surface area contributed by atoms with Gasteiger partial charge < -0.3 is 49.3 Å². The molecule has 2 aromatic carbocycles. The van der Waals surface area contributed by atoms with E-state index in [-0.39, 0.29) is 154 Å². The normalized spacial score (nSPS) is 18.7. The van der Waals surface area contributed by atoms with Gasteiger partial charge in [0.25, 0.3) is 6.47 Å². The van der Waals surface area contributed by atoms with Crippen molar-refractivity contribution in [2.24, 2.45) is 14.1 Å². The average molecular weight is 1340 g/mol. The minimum Gasteiger partial charge on any atom is -1.00 e. The fourth-order valence-electron chi connectivity index (χ4n) is 12.0. The van der Waals surface area contributed by atoms with Crippen LogP contribution < -0.4 is 113 Å². The first kappa shape index (κ1) is 72.4. The molecule has 464 valence electrons. The number of aromatic nitrogens is 10. The number of likely N-dealkylation sites (N-methyl/N-ethyl adjacent to an activating group) is 2. The topological polar surface area (TPSA) is 224 Å². The van der Waals surface area contributed by atoms with Crippen LogP contribution in [-0.2, 0) is 65.2 Å². The molecule has 8 aromatic rings. The van der Waals surface area contributed by atoms with Crippen molar-refractivity contribution in [3.8, 4) is 33.8 Å². The van der Waals surface area contributed by atoms with Gasteiger partial charge in [0.2, 0.25) is 11.8 Å². The fourth-order valence-corrected chi connectivity index (χ4v) is 12.5. The second-order valence-electron chi connectivity index (χ2n) is 23.6. The van der Waals surface area contributed by atoms with Crippen LogP contribution in [0.5, 0.6) is 0 Å². The summed E-state index contributed by atoms with van der Waals surface area (Å²) in [6.45, 7) is 19.4. The van der Waals surface area contributed by atoms with Gasteiger partial charge in [-0.3, -0.25) is 23.7 Å². The summed E-state index contributed by atoms with van der Waals surface area (Å²) in [6.07, 6.45) is 11.0. The van der Waals surface area contributed by atoms with Crippen LogP contribution in [0.1, 0.15) is 134 Å². The zero-order valence-electron chi connectivity index (χ0n) is 53.5. The fraction of sp³-hybridized carbons (Fsp3) is 0.468. The van der Waals surface area contributed by atoms with E-state index in [9.17, 15) is 14.0 Å². The van der Waals surface area contributed by atoms with Gasteiger partial charge in [0, 0.05) is 112 Å². The molecule has 0 spiro atoms. The number of rotatable bonds is 7. The Morgan fingerprint density at radius 3 is 1.56 bits per heavy atom. The van der Waals surface area contributed by atoms with E-state index >= 15 is 4.39 Å². The Morgan fingerprint density at radius 2 is 1.10 bits per heavy atom. The maximum atomic E-state index is 15.7. The molecule has 2 unspecified atom stereocenters. The van der Waals surface area contributed by atoms with Crippen molar-refractivity contribution in [1.82, 2.24) is 58.4 Å². The van der Waals surface area contributed by atoms with E-state index in [4.69, 9.17) is 43.8 Å². The van der Waals surface area contributed by atoms with Gasteiger partial charge in [0.05, 0.1) is 76.2 Å². The van der Waals surface area contributed by atoms with Gasteiger partial charge >= 0.3 is 110 Å². The number of imidazole rings is 2. The second kappa shape index (κ2) is 29.9. The first-order valence-corrected chi connectivity index (χ1v) is 29.5. The summed E-state index contributed by atoms with van der Waals surface area (Å²) >= 11 is 3.54. The molecule has 21 nitrogen and oxygen atoms in total.